The van der Waals surface area contributed by atoms with E-state index in [1.54, 1.807) is 13.0 Å². The highest BCUT2D eigenvalue weighted by molar-refractivity contribution is 7.14. The minimum Gasteiger partial charge on any atom is -0.389 e. The Hall–Kier alpha value is -0.0500. The molecule has 1 rings (SSSR count). The molecule has 1 N–H and O–H groups in total. The maximum Gasteiger partial charge on any atom is 0.0932 e. The Morgan fingerprint density at radius 2 is 2.44 bits per heavy atom. The van der Waals surface area contributed by atoms with Crippen LogP contribution in [-0.4, -0.2) is 5.11 Å². The molecule has 0 fully saturated rings. The molecule has 0 aromatic carbocycles. The van der Waals surface area contributed by atoms with Crippen molar-refractivity contribution in [2.24, 2.45) is 0 Å². The first-order valence-corrected chi connectivity index (χ1v) is 3.88. The van der Waals surface area contributed by atoms with Crippen molar-refractivity contribution in [2.75, 3.05) is 0 Å². The van der Waals surface area contributed by atoms with Gasteiger partial charge >= 0.3 is 0 Å². The molecule has 1 aromatic heterocycles. The lowest BCUT2D eigenvalue weighted by atomic mass is 10.2. The van der Waals surface area contributed by atoms with Crippen molar-refractivity contribution in [3.05, 3.63) is 21.3 Å². The van der Waals surface area contributed by atoms with Gasteiger partial charge in [0.05, 0.1) is 10.4 Å². The molecule has 0 bridgehead atoms. The molecule has 0 saturated carbocycles. The van der Waals surface area contributed by atoms with Gasteiger partial charge in [0.25, 0.3) is 0 Å². The number of halogens is 1. The molecule has 0 unspecified atom stereocenters. The van der Waals surface area contributed by atoms with E-state index in [9.17, 15) is 0 Å². The number of rotatable bonds is 1. The van der Waals surface area contributed by atoms with Crippen LogP contribution in [0.1, 0.15) is 18.6 Å². The minimum absolute atomic E-state index is 0.395. The Balaban J connectivity index is 2.85. The van der Waals surface area contributed by atoms with Crippen molar-refractivity contribution < 1.29 is 5.11 Å². The summed E-state index contributed by atoms with van der Waals surface area (Å²) in [6.45, 7) is 1.72. The first kappa shape index (κ1) is 7.06. The second-order valence-electron chi connectivity index (χ2n) is 1.86. The van der Waals surface area contributed by atoms with Crippen LogP contribution in [0.3, 0.4) is 0 Å². The van der Waals surface area contributed by atoms with Crippen LogP contribution in [0, 0.1) is 0 Å². The molecule has 1 heterocycles. The highest BCUT2D eigenvalue weighted by atomic mass is 35.5. The Labute approximate surface area is 62.9 Å². The van der Waals surface area contributed by atoms with Gasteiger partial charge in [-0.3, -0.25) is 0 Å². The molecule has 1 aromatic rings. The molecule has 9 heavy (non-hydrogen) atoms. The second-order valence-corrected chi connectivity index (χ2v) is 3.40. The van der Waals surface area contributed by atoms with Crippen LogP contribution in [0.2, 0.25) is 4.34 Å². The summed E-state index contributed by atoms with van der Waals surface area (Å²) in [5.41, 5.74) is 0.894. The second kappa shape index (κ2) is 2.69. The third-order valence-electron chi connectivity index (χ3n) is 1.07. The lowest BCUT2D eigenvalue weighted by molar-refractivity contribution is 0.200. The van der Waals surface area contributed by atoms with Gasteiger partial charge in [-0.05, 0) is 23.9 Å². The zero-order chi connectivity index (χ0) is 6.85. The third kappa shape index (κ3) is 1.68. The van der Waals surface area contributed by atoms with Gasteiger partial charge in [-0.15, -0.1) is 11.3 Å². The van der Waals surface area contributed by atoms with Crippen molar-refractivity contribution in [1.29, 1.82) is 0 Å². The first-order valence-electron chi connectivity index (χ1n) is 2.62. The molecule has 0 aliphatic heterocycles. The number of hydrogen-bond acceptors (Lipinski definition) is 2. The Kier molecular flexibility index (Phi) is 2.11. The molecule has 0 aliphatic carbocycles. The highest BCUT2D eigenvalue weighted by Gasteiger charge is 2.01. The molecule has 3 heteroatoms. The van der Waals surface area contributed by atoms with Crippen molar-refractivity contribution in [3.8, 4) is 0 Å². The number of aliphatic hydroxyl groups is 1. The summed E-state index contributed by atoms with van der Waals surface area (Å²) in [5.74, 6) is 0. The average Bonchev–Trinajstić information content (AvgIpc) is 2.14. The topological polar surface area (TPSA) is 20.2 Å². The van der Waals surface area contributed by atoms with Crippen LogP contribution in [0.4, 0.5) is 0 Å². The average molecular weight is 163 g/mol. The van der Waals surface area contributed by atoms with E-state index in [1.807, 2.05) is 5.38 Å². The predicted octanol–water partition coefficient (Wildman–Crippen LogP) is 2.45. The van der Waals surface area contributed by atoms with Crippen molar-refractivity contribution in [2.45, 2.75) is 13.0 Å². The molecule has 1 atom stereocenters. The summed E-state index contributed by atoms with van der Waals surface area (Å²) < 4.78 is 0.728. The number of aliphatic hydroxyl groups excluding tert-OH is 1. The zero-order valence-corrected chi connectivity index (χ0v) is 6.54. The van der Waals surface area contributed by atoms with E-state index < -0.39 is 6.10 Å². The fourth-order valence-electron chi connectivity index (χ4n) is 0.542. The molecule has 0 spiro atoms. The van der Waals surface area contributed by atoms with E-state index >= 15 is 0 Å². The Morgan fingerprint density at radius 3 is 2.67 bits per heavy atom. The van der Waals surface area contributed by atoms with Crippen LogP contribution in [0.15, 0.2) is 11.4 Å². The minimum atomic E-state index is -0.395. The van der Waals surface area contributed by atoms with Gasteiger partial charge in [0.1, 0.15) is 0 Å². The lowest BCUT2D eigenvalue weighted by Gasteiger charge is -1.95. The van der Waals surface area contributed by atoms with Gasteiger partial charge in [-0.2, -0.15) is 0 Å². The van der Waals surface area contributed by atoms with Crippen LogP contribution in [0.25, 0.3) is 0 Å². The standard InChI is InChI=1S/C6H7ClOS/c1-4(8)5-2-6(7)9-3-5/h2-4,8H,1H3/t4-/m0/s1. The summed E-state index contributed by atoms with van der Waals surface area (Å²) in [6, 6.07) is 1.77. The van der Waals surface area contributed by atoms with Gasteiger partial charge in [-0.25, -0.2) is 0 Å². The quantitative estimate of drug-likeness (QED) is 0.673. The molecule has 1 nitrogen and oxygen atoms in total. The van der Waals surface area contributed by atoms with Crippen LogP contribution in [0.5, 0.6) is 0 Å². The SMILES string of the molecule is C[C@H](O)c1csc(Cl)c1. The monoisotopic (exact) mass is 162 g/mol. The smallest absolute Gasteiger partial charge is 0.0932 e. The van der Waals surface area contributed by atoms with E-state index in [0.717, 1.165) is 9.90 Å². The largest absolute Gasteiger partial charge is 0.389 e. The molecule has 0 amide bonds. The van der Waals surface area contributed by atoms with Crippen LogP contribution >= 0.6 is 22.9 Å². The molecular formula is C6H7ClOS. The van der Waals surface area contributed by atoms with Crippen molar-refractivity contribution in [3.63, 3.8) is 0 Å². The fourth-order valence-corrected chi connectivity index (χ4v) is 1.52. The summed E-state index contributed by atoms with van der Waals surface area (Å²) >= 11 is 7.05. The van der Waals surface area contributed by atoms with Gasteiger partial charge in [0.15, 0.2) is 0 Å². The van der Waals surface area contributed by atoms with E-state index in [1.165, 1.54) is 11.3 Å². The van der Waals surface area contributed by atoms with Crippen LogP contribution in [-0.2, 0) is 0 Å². The maximum atomic E-state index is 8.99. The van der Waals surface area contributed by atoms with E-state index in [-0.39, 0.29) is 0 Å². The van der Waals surface area contributed by atoms with E-state index in [0.29, 0.717) is 0 Å². The Bertz CT molecular complexity index is 195. The van der Waals surface area contributed by atoms with E-state index in [2.05, 4.69) is 0 Å². The third-order valence-corrected chi connectivity index (χ3v) is 2.18. The summed E-state index contributed by atoms with van der Waals surface area (Å²) in [7, 11) is 0. The summed E-state index contributed by atoms with van der Waals surface area (Å²) in [5, 5.41) is 10.8. The molecule has 0 aliphatic rings. The maximum absolute atomic E-state index is 8.99. The first-order chi connectivity index (χ1) is 4.20. The molecular weight excluding hydrogens is 156 g/mol. The van der Waals surface area contributed by atoms with Gasteiger partial charge < -0.3 is 5.11 Å². The summed E-state index contributed by atoms with van der Waals surface area (Å²) in [4.78, 5) is 0. The number of thiophene rings is 1. The molecule has 50 valence electrons. The highest BCUT2D eigenvalue weighted by Crippen LogP contribution is 2.23. The van der Waals surface area contributed by atoms with Crippen molar-refractivity contribution >= 4 is 22.9 Å². The lowest BCUT2D eigenvalue weighted by Crippen LogP contribution is -1.84. The predicted molar refractivity (Wildman–Crippen MR) is 40.0 cm³/mol. The van der Waals surface area contributed by atoms with E-state index in [4.69, 9.17) is 16.7 Å². The zero-order valence-electron chi connectivity index (χ0n) is 4.97. The van der Waals surface area contributed by atoms with Crippen LogP contribution < -0.4 is 0 Å². The fraction of sp³-hybridized carbons (Fsp3) is 0.333. The normalized spacial score (nSPS) is 13.7. The number of hydrogen-bond donors (Lipinski definition) is 1. The van der Waals surface area contributed by atoms with Gasteiger partial charge in [0.2, 0.25) is 0 Å². The Morgan fingerprint density at radius 1 is 1.78 bits per heavy atom. The molecule has 0 radical (unpaired) electrons. The van der Waals surface area contributed by atoms with Gasteiger partial charge in [0, 0.05) is 0 Å². The van der Waals surface area contributed by atoms with Crippen molar-refractivity contribution in [1.82, 2.24) is 0 Å². The van der Waals surface area contributed by atoms with Gasteiger partial charge in [-0.1, -0.05) is 11.6 Å². The molecule has 0 saturated heterocycles. The summed E-state index contributed by atoms with van der Waals surface area (Å²) in [6.07, 6.45) is -0.395.